The number of nitro benzene ring substituents is 1. The lowest BCUT2D eigenvalue weighted by Gasteiger charge is -2.15. The molecule has 5 heteroatoms. The van der Waals surface area contributed by atoms with Gasteiger partial charge in [-0.1, -0.05) is 53.6 Å². The molecule has 0 aliphatic heterocycles. The Morgan fingerprint density at radius 2 is 1.76 bits per heavy atom. The van der Waals surface area contributed by atoms with Crippen molar-refractivity contribution in [3.63, 3.8) is 0 Å². The van der Waals surface area contributed by atoms with Gasteiger partial charge in [0.15, 0.2) is 0 Å². The van der Waals surface area contributed by atoms with Crippen LogP contribution in [0.4, 0.5) is 17.1 Å². The van der Waals surface area contributed by atoms with E-state index in [9.17, 15) is 10.1 Å². The smallest absolute Gasteiger partial charge is 0.292 e. The molecule has 4 nitrogen and oxygen atoms in total. The van der Waals surface area contributed by atoms with Crippen LogP contribution < -0.4 is 5.32 Å². The maximum Gasteiger partial charge on any atom is 0.292 e. The van der Waals surface area contributed by atoms with Gasteiger partial charge in [-0.25, -0.2) is 0 Å². The molecule has 0 fully saturated rings. The molecule has 0 aliphatic rings. The molecule has 0 atom stereocenters. The fraction of sp³-hybridized carbons (Fsp3) is 0.100. The first kappa shape index (κ1) is 11.1. The van der Waals surface area contributed by atoms with Crippen LogP contribution in [-0.2, 0) is 0 Å². The molecule has 126 valence electrons. The number of nitrogens with one attached hydrogen (secondary N) is 1. The molecular weight excluding hydrogens is 380 g/mol. The molecule has 1 N–H and O–H groups in total. The lowest BCUT2D eigenvalue weighted by atomic mass is 9.99. The van der Waals surface area contributed by atoms with Gasteiger partial charge in [0, 0.05) is 24.3 Å². The highest BCUT2D eigenvalue weighted by Crippen LogP contribution is 2.38. The lowest BCUT2D eigenvalue weighted by molar-refractivity contribution is -0.383. The third kappa shape index (κ3) is 3.72. The zero-order chi connectivity index (χ0) is 23.0. The van der Waals surface area contributed by atoms with E-state index in [1.807, 2.05) is 0 Å². The molecule has 0 unspecified atom stereocenters. The Balaban J connectivity index is 2.22. The number of hydrogen-bond donors (Lipinski definition) is 1. The topological polar surface area (TPSA) is 55.2 Å². The van der Waals surface area contributed by atoms with E-state index in [2.05, 4.69) is 21.2 Å². The number of benzene rings is 3. The molecule has 0 aliphatic carbocycles. The van der Waals surface area contributed by atoms with Crippen molar-refractivity contribution >= 4 is 33.0 Å². The highest BCUT2D eigenvalue weighted by Gasteiger charge is 2.16. The Morgan fingerprint density at radius 1 is 1.04 bits per heavy atom. The number of hydrogen-bond acceptors (Lipinski definition) is 3. The predicted molar refractivity (Wildman–Crippen MR) is 105 cm³/mol. The van der Waals surface area contributed by atoms with Gasteiger partial charge in [0.1, 0.15) is 5.69 Å². The maximum atomic E-state index is 11.4. The zero-order valence-corrected chi connectivity index (χ0v) is 14.5. The molecule has 3 aromatic rings. The largest absolute Gasteiger partial charge is 0.348 e. The number of rotatable bonds is 4. The summed E-state index contributed by atoms with van der Waals surface area (Å²) in [7, 11) is 0. The molecule has 0 saturated carbocycles. The SMILES string of the molecule is [2H]C([2H])([2H])c1cc(-c2cccc(Br)c2Nc2ccccc2[N+](=O)[O-])cc(C([2H])([2H])[2H])c1. The Morgan fingerprint density at radius 3 is 2.44 bits per heavy atom. The van der Waals surface area contributed by atoms with E-state index in [-0.39, 0.29) is 22.5 Å². The van der Waals surface area contributed by atoms with Crippen molar-refractivity contribution in [1.82, 2.24) is 0 Å². The number of anilines is 2. The molecule has 0 saturated heterocycles. The molecular formula is C20H17BrN2O2. The van der Waals surface area contributed by atoms with Gasteiger partial charge < -0.3 is 5.32 Å². The highest BCUT2D eigenvalue weighted by atomic mass is 79.9. The lowest BCUT2D eigenvalue weighted by Crippen LogP contribution is -1.99. The number of nitro groups is 1. The Kier molecular flexibility index (Phi) is 3.13. The van der Waals surface area contributed by atoms with Crippen LogP contribution in [-0.4, -0.2) is 4.92 Å². The summed E-state index contributed by atoms with van der Waals surface area (Å²) >= 11 is 3.42. The number of aryl methyl sites for hydroxylation is 2. The average Bonchev–Trinajstić information content (AvgIpc) is 2.68. The summed E-state index contributed by atoms with van der Waals surface area (Å²) in [5.74, 6) is 0. The molecule has 0 bridgehead atoms. The zero-order valence-electron chi connectivity index (χ0n) is 18.9. The van der Waals surface area contributed by atoms with Crippen LogP contribution in [0.5, 0.6) is 0 Å². The summed E-state index contributed by atoms with van der Waals surface area (Å²) in [5, 5.41) is 14.4. The Hall–Kier alpha value is -2.66. The number of halogens is 1. The molecule has 0 aromatic heterocycles. The third-order valence-corrected chi connectivity index (χ3v) is 4.28. The second-order valence-corrected chi connectivity index (χ2v) is 6.22. The second kappa shape index (κ2) is 7.07. The summed E-state index contributed by atoms with van der Waals surface area (Å²) in [5.41, 5.74) is 1.19. The summed E-state index contributed by atoms with van der Waals surface area (Å²) < 4.78 is 47.0. The van der Waals surface area contributed by atoms with E-state index < -0.39 is 18.6 Å². The summed E-state index contributed by atoms with van der Waals surface area (Å²) in [6.45, 7) is -5.01. The van der Waals surface area contributed by atoms with Gasteiger partial charge in [-0.05, 0) is 47.3 Å². The molecule has 3 rings (SSSR count). The van der Waals surface area contributed by atoms with Gasteiger partial charge in [-0.3, -0.25) is 10.1 Å². The van der Waals surface area contributed by atoms with Crippen LogP contribution in [0.1, 0.15) is 19.4 Å². The first-order chi connectivity index (χ1) is 14.4. The minimum absolute atomic E-state index is 0.104. The monoisotopic (exact) mass is 402 g/mol. The van der Waals surface area contributed by atoms with Gasteiger partial charge in [0.05, 0.1) is 10.6 Å². The summed E-state index contributed by atoms with van der Waals surface area (Å²) in [6.07, 6.45) is 0. The third-order valence-electron chi connectivity index (χ3n) is 3.62. The first-order valence-electron chi connectivity index (χ1n) is 10.3. The van der Waals surface area contributed by atoms with E-state index in [0.29, 0.717) is 21.3 Å². The highest BCUT2D eigenvalue weighted by molar-refractivity contribution is 9.10. The van der Waals surface area contributed by atoms with Gasteiger partial charge in [0.2, 0.25) is 0 Å². The Labute approximate surface area is 163 Å². The van der Waals surface area contributed by atoms with Crippen molar-refractivity contribution in [1.29, 1.82) is 0 Å². The first-order valence-corrected chi connectivity index (χ1v) is 8.12. The normalized spacial score (nSPS) is 15.1. The predicted octanol–water partition coefficient (Wildman–Crippen LogP) is 6.38. The molecule has 0 heterocycles. The van der Waals surface area contributed by atoms with Crippen molar-refractivity contribution in [3.05, 3.63) is 86.4 Å². The summed E-state index contributed by atoms with van der Waals surface area (Å²) in [4.78, 5) is 10.9. The van der Waals surface area contributed by atoms with Crippen molar-refractivity contribution in [2.75, 3.05) is 5.32 Å². The van der Waals surface area contributed by atoms with Crippen LogP contribution in [0.15, 0.2) is 65.1 Å². The van der Waals surface area contributed by atoms with Gasteiger partial charge in [0.25, 0.3) is 5.69 Å². The standard InChI is InChI=1S/C20H17BrN2O2/c1-13-10-14(2)12-15(11-13)16-6-5-7-17(21)20(16)22-18-8-3-4-9-19(18)23(24)25/h3-12,22H,1-2H3/i1D3,2D3. The quantitative estimate of drug-likeness (QED) is 0.406. The number of para-hydroxylation sites is 3. The van der Waals surface area contributed by atoms with Crippen LogP contribution >= 0.6 is 15.9 Å². The molecule has 0 radical (unpaired) electrons. The Bertz CT molecular complexity index is 1110. The van der Waals surface area contributed by atoms with Gasteiger partial charge in [-0.2, -0.15) is 0 Å². The van der Waals surface area contributed by atoms with E-state index in [1.165, 1.54) is 18.2 Å². The molecule has 0 amide bonds. The molecule has 0 spiro atoms. The fourth-order valence-corrected chi connectivity index (χ4v) is 3.01. The minimum atomic E-state index is -2.51. The van der Waals surface area contributed by atoms with Crippen molar-refractivity contribution in [3.8, 4) is 11.1 Å². The minimum Gasteiger partial charge on any atom is -0.348 e. The van der Waals surface area contributed by atoms with E-state index >= 15 is 0 Å². The molecule has 25 heavy (non-hydrogen) atoms. The average molecular weight is 403 g/mol. The van der Waals surface area contributed by atoms with Crippen LogP contribution in [0.25, 0.3) is 11.1 Å². The van der Waals surface area contributed by atoms with Crippen molar-refractivity contribution in [2.24, 2.45) is 0 Å². The van der Waals surface area contributed by atoms with Crippen LogP contribution in [0.2, 0.25) is 0 Å². The van der Waals surface area contributed by atoms with Crippen molar-refractivity contribution < 1.29 is 13.1 Å². The van der Waals surface area contributed by atoms with E-state index in [4.69, 9.17) is 8.22 Å². The van der Waals surface area contributed by atoms with Gasteiger partial charge >= 0.3 is 0 Å². The maximum absolute atomic E-state index is 11.4. The summed E-state index contributed by atoms with van der Waals surface area (Å²) in [6, 6.07) is 15.2. The fourth-order valence-electron chi connectivity index (χ4n) is 2.55. The van der Waals surface area contributed by atoms with Crippen molar-refractivity contribution in [2.45, 2.75) is 13.7 Å². The van der Waals surface area contributed by atoms with Crippen LogP contribution in [0.3, 0.4) is 0 Å². The van der Waals surface area contributed by atoms with Gasteiger partial charge in [-0.15, -0.1) is 0 Å². The van der Waals surface area contributed by atoms with Crippen LogP contribution in [0, 0.1) is 23.8 Å². The van der Waals surface area contributed by atoms with E-state index in [1.54, 1.807) is 36.4 Å². The second-order valence-electron chi connectivity index (χ2n) is 5.36. The number of nitrogens with zero attached hydrogens (tertiary/aromatic N) is 1. The molecule has 3 aromatic carbocycles. The van der Waals surface area contributed by atoms with E-state index in [0.717, 1.165) is 6.07 Å².